The molecule has 2 atom stereocenters. The third kappa shape index (κ3) is 4.06. The van der Waals surface area contributed by atoms with E-state index in [0.717, 1.165) is 19.3 Å². The fraction of sp³-hybridized carbons (Fsp3) is 0.529. The van der Waals surface area contributed by atoms with Crippen LogP contribution in [-0.4, -0.2) is 35.5 Å². The molecular formula is C17H23NO3. The summed E-state index contributed by atoms with van der Waals surface area (Å²) in [6.45, 7) is 0.631. The molecule has 2 unspecified atom stereocenters. The molecule has 1 aromatic rings. The predicted octanol–water partition coefficient (Wildman–Crippen LogP) is 2.58. The van der Waals surface area contributed by atoms with E-state index in [9.17, 15) is 14.7 Å². The first-order valence-corrected chi connectivity index (χ1v) is 7.61. The number of hydrogen-bond acceptors (Lipinski definition) is 2. The van der Waals surface area contributed by atoms with Gasteiger partial charge in [-0.1, -0.05) is 43.2 Å². The van der Waals surface area contributed by atoms with Crippen molar-refractivity contribution in [2.75, 3.05) is 13.6 Å². The fourth-order valence-electron chi connectivity index (χ4n) is 3.06. The zero-order valence-electron chi connectivity index (χ0n) is 12.5. The van der Waals surface area contributed by atoms with Gasteiger partial charge in [0.1, 0.15) is 0 Å². The third-order valence-corrected chi connectivity index (χ3v) is 4.36. The Balaban J connectivity index is 1.93. The number of likely N-dealkylation sites (N-methyl/N-ethyl adjacent to an activating group) is 1. The third-order valence-electron chi connectivity index (χ3n) is 4.36. The highest BCUT2D eigenvalue weighted by molar-refractivity contribution is 5.84. The lowest BCUT2D eigenvalue weighted by atomic mass is 9.78. The summed E-state index contributed by atoms with van der Waals surface area (Å²) in [5.41, 5.74) is 1.19. The molecule has 0 bridgehead atoms. The summed E-state index contributed by atoms with van der Waals surface area (Å²) in [6.07, 6.45) is 3.98. The first-order valence-electron chi connectivity index (χ1n) is 7.61. The first kappa shape index (κ1) is 15.5. The molecule has 0 heterocycles. The molecule has 1 aromatic carbocycles. The fourth-order valence-corrected chi connectivity index (χ4v) is 3.06. The topological polar surface area (TPSA) is 57.6 Å². The van der Waals surface area contributed by atoms with Crippen molar-refractivity contribution in [3.8, 4) is 0 Å². The van der Waals surface area contributed by atoms with Crippen molar-refractivity contribution in [3.05, 3.63) is 35.9 Å². The SMILES string of the molecule is CN(CCc1ccccc1)C(=O)C1CCCCC1C(=O)O. The molecule has 1 saturated carbocycles. The highest BCUT2D eigenvalue weighted by atomic mass is 16.4. The van der Waals surface area contributed by atoms with Crippen molar-refractivity contribution in [2.24, 2.45) is 11.8 Å². The molecule has 1 aliphatic rings. The molecule has 2 rings (SSSR count). The average Bonchev–Trinajstić information content (AvgIpc) is 2.52. The Morgan fingerprint density at radius 3 is 2.38 bits per heavy atom. The van der Waals surface area contributed by atoms with Crippen LogP contribution in [0.1, 0.15) is 31.2 Å². The van der Waals surface area contributed by atoms with Gasteiger partial charge in [0.15, 0.2) is 0 Å². The molecule has 1 amide bonds. The van der Waals surface area contributed by atoms with Gasteiger partial charge in [0, 0.05) is 13.6 Å². The van der Waals surface area contributed by atoms with Gasteiger partial charge in [-0.15, -0.1) is 0 Å². The van der Waals surface area contributed by atoms with E-state index in [4.69, 9.17) is 0 Å². The number of nitrogens with zero attached hydrogens (tertiary/aromatic N) is 1. The lowest BCUT2D eigenvalue weighted by Crippen LogP contribution is -2.41. The van der Waals surface area contributed by atoms with Gasteiger partial charge in [-0.05, 0) is 24.8 Å². The van der Waals surface area contributed by atoms with E-state index in [1.807, 2.05) is 30.3 Å². The van der Waals surface area contributed by atoms with Crippen LogP contribution in [0.3, 0.4) is 0 Å². The van der Waals surface area contributed by atoms with Crippen LogP contribution >= 0.6 is 0 Å². The average molecular weight is 289 g/mol. The van der Waals surface area contributed by atoms with Crippen LogP contribution in [0.25, 0.3) is 0 Å². The minimum atomic E-state index is -0.829. The molecule has 1 fully saturated rings. The molecule has 114 valence electrons. The van der Waals surface area contributed by atoms with Crippen molar-refractivity contribution >= 4 is 11.9 Å². The van der Waals surface area contributed by atoms with Crippen LogP contribution in [0, 0.1) is 11.8 Å². The molecule has 0 spiro atoms. The van der Waals surface area contributed by atoms with E-state index < -0.39 is 11.9 Å². The van der Waals surface area contributed by atoms with E-state index in [0.29, 0.717) is 19.4 Å². The number of benzene rings is 1. The van der Waals surface area contributed by atoms with Gasteiger partial charge in [0.2, 0.25) is 5.91 Å². The van der Waals surface area contributed by atoms with Gasteiger partial charge >= 0.3 is 5.97 Å². The smallest absolute Gasteiger partial charge is 0.307 e. The predicted molar refractivity (Wildman–Crippen MR) is 80.9 cm³/mol. The van der Waals surface area contributed by atoms with Gasteiger partial charge in [0.25, 0.3) is 0 Å². The first-order chi connectivity index (χ1) is 10.1. The summed E-state index contributed by atoms with van der Waals surface area (Å²) in [4.78, 5) is 25.5. The van der Waals surface area contributed by atoms with Crippen molar-refractivity contribution in [1.29, 1.82) is 0 Å². The summed E-state index contributed by atoms with van der Waals surface area (Å²) in [5, 5.41) is 9.28. The number of carboxylic acids is 1. The second kappa shape index (κ2) is 7.25. The van der Waals surface area contributed by atoms with E-state index in [-0.39, 0.29) is 11.8 Å². The van der Waals surface area contributed by atoms with Crippen molar-refractivity contribution in [2.45, 2.75) is 32.1 Å². The Morgan fingerprint density at radius 2 is 1.76 bits per heavy atom. The maximum atomic E-state index is 12.5. The maximum Gasteiger partial charge on any atom is 0.307 e. The second-order valence-electron chi connectivity index (χ2n) is 5.83. The minimum absolute atomic E-state index is 0.0157. The normalized spacial score (nSPS) is 21.8. The van der Waals surface area contributed by atoms with Crippen LogP contribution in [0.2, 0.25) is 0 Å². The van der Waals surface area contributed by atoms with Crippen LogP contribution in [-0.2, 0) is 16.0 Å². The molecule has 1 N–H and O–H groups in total. The van der Waals surface area contributed by atoms with E-state index in [2.05, 4.69) is 0 Å². The Kier molecular flexibility index (Phi) is 5.37. The quantitative estimate of drug-likeness (QED) is 0.906. The van der Waals surface area contributed by atoms with Crippen LogP contribution < -0.4 is 0 Å². The zero-order chi connectivity index (χ0) is 15.2. The lowest BCUT2D eigenvalue weighted by Gasteiger charge is -2.31. The van der Waals surface area contributed by atoms with Crippen molar-refractivity contribution < 1.29 is 14.7 Å². The maximum absolute atomic E-state index is 12.5. The standard InChI is InChI=1S/C17H23NO3/c1-18(12-11-13-7-3-2-4-8-13)16(19)14-9-5-6-10-15(14)17(20)21/h2-4,7-8,14-15H,5-6,9-12H2,1H3,(H,20,21). The van der Waals surface area contributed by atoms with Crippen molar-refractivity contribution in [1.82, 2.24) is 4.90 Å². The highest BCUT2D eigenvalue weighted by Gasteiger charge is 2.36. The van der Waals surface area contributed by atoms with Crippen molar-refractivity contribution in [3.63, 3.8) is 0 Å². The molecule has 4 nitrogen and oxygen atoms in total. The number of rotatable bonds is 5. The molecule has 4 heteroatoms. The van der Waals surface area contributed by atoms with Gasteiger partial charge in [-0.25, -0.2) is 0 Å². The summed E-state index contributed by atoms with van der Waals surface area (Å²) in [5.74, 6) is -1.70. The Bertz CT molecular complexity index is 486. The molecule has 0 aliphatic heterocycles. The van der Waals surface area contributed by atoms with Gasteiger partial charge in [-0.3, -0.25) is 9.59 Å². The molecule has 21 heavy (non-hydrogen) atoms. The number of carboxylic acid groups (broad SMARTS) is 1. The summed E-state index contributed by atoms with van der Waals surface area (Å²) in [7, 11) is 1.78. The number of hydrogen-bond donors (Lipinski definition) is 1. The van der Waals surface area contributed by atoms with Gasteiger partial charge in [0.05, 0.1) is 11.8 Å². The molecular weight excluding hydrogens is 266 g/mol. The van der Waals surface area contributed by atoms with Crippen LogP contribution in [0.4, 0.5) is 0 Å². The molecule has 0 saturated heterocycles. The minimum Gasteiger partial charge on any atom is -0.481 e. The van der Waals surface area contributed by atoms with Gasteiger partial charge in [-0.2, -0.15) is 0 Å². The Hall–Kier alpha value is -1.84. The summed E-state index contributed by atoms with van der Waals surface area (Å²) in [6, 6.07) is 10.0. The molecule has 0 aromatic heterocycles. The lowest BCUT2D eigenvalue weighted by molar-refractivity contribution is -0.151. The number of amides is 1. The number of carbonyl (C=O) groups excluding carboxylic acids is 1. The highest BCUT2D eigenvalue weighted by Crippen LogP contribution is 2.31. The zero-order valence-corrected chi connectivity index (χ0v) is 12.5. The van der Waals surface area contributed by atoms with E-state index in [1.165, 1.54) is 5.56 Å². The molecule has 0 radical (unpaired) electrons. The van der Waals surface area contributed by atoms with E-state index in [1.54, 1.807) is 11.9 Å². The van der Waals surface area contributed by atoms with Crippen LogP contribution in [0.15, 0.2) is 30.3 Å². The summed E-state index contributed by atoms with van der Waals surface area (Å²) >= 11 is 0. The Labute approximate surface area is 125 Å². The molecule has 1 aliphatic carbocycles. The van der Waals surface area contributed by atoms with Crippen LogP contribution in [0.5, 0.6) is 0 Å². The second-order valence-corrected chi connectivity index (χ2v) is 5.83. The number of carbonyl (C=O) groups is 2. The van der Waals surface area contributed by atoms with Gasteiger partial charge < -0.3 is 10.0 Å². The van der Waals surface area contributed by atoms with E-state index >= 15 is 0 Å². The summed E-state index contributed by atoms with van der Waals surface area (Å²) < 4.78 is 0. The Morgan fingerprint density at radius 1 is 1.14 bits per heavy atom. The monoisotopic (exact) mass is 289 g/mol. The number of aliphatic carboxylic acids is 1. The largest absolute Gasteiger partial charge is 0.481 e.